The van der Waals surface area contributed by atoms with Crippen LogP contribution in [0.15, 0.2) is 34.7 Å². The first-order valence-corrected chi connectivity index (χ1v) is 5.81. The highest BCUT2D eigenvalue weighted by Gasteiger charge is 2.16. The van der Waals surface area contributed by atoms with Gasteiger partial charge in [-0.2, -0.15) is 0 Å². The zero-order chi connectivity index (χ0) is 12.3. The van der Waals surface area contributed by atoms with Gasteiger partial charge in [-0.1, -0.05) is 32.0 Å². The molecule has 0 fully saturated rings. The lowest BCUT2D eigenvalue weighted by atomic mass is 10.1. The van der Waals surface area contributed by atoms with E-state index in [2.05, 4.69) is 24.0 Å². The van der Waals surface area contributed by atoms with Crippen molar-refractivity contribution in [3.05, 3.63) is 36.2 Å². The van der Waals surface area contributed by atoms with Gasteiger partial charge < -0.3 is 10.2 Å². The zero-order valence-electron chi connectivity index (χ0n) is 10.1. The van der Waals surface area contributed by atoms with Crippen molar-refractivity contribution < 1.29 is 4.42 Å². The summed E-state index contributed by atoms with van der Waals surface area (Å²) in [5.74, 6) is 1.55. The number of aromatic nitrogens is 2. The predicted octanol–water partition coefficient (Wildman–Crippen LogP) is 2.78. The highest BCUT2D eigenvalue weighted by atomic mass is 16.4. The Labute approximate surface area is 101 Å². The molecule has 0 aliphatic heterocycles. The molecular formula is C13H17N3O. The summed E-state index contributed by atoms with van der Waals surface area (Å²) in [5.41, 5.74) is 6.91. The standard InChI is InChI=1S/C13H17N3O/c1-9(2)8-11(14)13-16-15-12(17-13)10-6-4-3-5-7-10/h3-7,9,11H,8,14H2,1-2H3. The van der Waals surface area contributed by atoms with Gasteiger partial charge in [0.15, 0.2) is 0 Å². The van der Waals surface area contributed by atoms with Crippen molar-refractivity contribution in [2.45, 2.75) is 26.3 Å². The molecule has 1 aromatic carbocycles. The largest absolute Gasteiger partial charge is 0.419 e. The predicted molar refractivity (Wildman–Crippen MR) is 66.1 cm³/mol. The number of hydrogen-bond donors (Lipinski definition) is 1. The molecule has 1 atom stereocenters. The van der Waals surface area contributed by atoms with Gasteiger partial charge in [-0.25, -0.2) is 0 Å². The lowest BCUT2D eigenvalue weighted by molar-refractivity contribution is 0.408. The first kappa shape index (κ1) is 11.8. The number of rotatable bonds is 4. The maximum absolute atomic E-state index is 5.99. The average Bonchev–Trinajstić information content (AvgIpc) is 2.78. The van der Waals surface area contributed by atoms with Crippen molar-refractivity contribution >= 4 is 0 Å². The van der Waals surface area contributed by atoms with Gasteiger partial charge in [0.25, 0.3) is 0 Å². The Morgan fingerprint density at radius 2 is 1.88 bits per heavy atom. The molecule has 0 radical (unpaired) electrons. The van der Waals surface area contributed by atoms with E-state index in [0.717, 1.165) is 12.0 Å². The Hall–Kier alpha value is -1.68. The highest BCUT2D eigenvalue weighted by molar-refractivity contribution is 5.51. The Morgan fingerprint density at radius 1 is 1.18 bits per heavy atom. The van der Waals surface area contributed by atoms with Crippen LogP contribution in [0.5, 0.6) is 0 Å². The van der Waals surface area contributed by atoms with Crippen molar-refractivity contribution in [3.8, 4) is 11.5 Å². The molecule has 0 saturated heterocycles. The van der Waals surface area contributed by atoms with Crippen LogP contribution in [0.1, 0.15) is 32.2 Å². The van der Waals surface area contributed by atoms with Gasteiger partial charge >= 0.3 is 0 Å². The molecule has 1 unspecified atom stereocenters. The maximum Gasteiger partial charge on any atom is 0.247 e. The van der Waals surface area contributed by atoms with Crippen molar-refractivity contribution in [2.75, 3.05) is 0 Å². The van der Waals surface area contributed by atoms with E-state index in [1.807, 2.05) is 30.3 Å². The lowest BCUT2D eigenvalue weighted by Crippen LogP contribution is -2.13. The highest BCUT2D eigenvalue weighted by Crippen LogP contribution is 2.22. The summed E-state index contributed by atoms with van der Waals surface area (Å²) in [4.78, 5) is 0. The van der Waals surface area contributed by atoms with Crippen LogP contribution in [0.2, 0.25) is 0 Å². The number of hydrogen-bond acceptors (Lipinski definition) is 4. The Bertz CT molecular complexity index is 465. The van der Waals surface area contributed by atoms with E-state index >= 15 is 0 Å². The third kappa shape index (κ3) is 2.91. The van der Waals surface area contributed by atoms with Crippen molar-refractivity contribution in [3.63, 3.8) is 0 Å². The van der Waals surface area contributed by atoms with Crippen LogP contribution < -0.4 is 5.73 Å². The van der Waals surface area contributed by atoms with E-state index in [-0.39, 0.29) is 6.04 Å². The summed E-state index contributed by atoms with van der Waals surface area (Å²) in [7, 11) is 0. The summed E-state index contributed by atoms with van der Waals surface area (Å²) in [6.07, 6.45) is 0.844. The summed E-state index contributed by atoms with van der Waals surface area (Å²) in [5, 5.41) is 8.02. The van der Waals surface area contributed by atoms with Gasteiger partial charge in [0, 0.05) is 5.56 Å². The number of nitrogens with two attached hydrogens (primary N) is 1. The molecule has 90 valence electrons. The van der Waals surface area contributed by atoms with Crippen LogP contribution in [0.3, 0.4) is 0 Å². The van der Waals surface area contributed by atoms with Gasteiger partial charge in [0.1, 0.15) is 0 Å². The molecule has 4 heteroatoms. The molecule has 0 spiro atoms. The molecule has 17 heavy (non-hydrogen) atoms. The second kappa shape index (κ2) is 5.10. The average molecular weight is 231 g/mol. The van der Waals surface area contributed by atoms with Crippen LogP contribution in [0.25, 0.3) is 11.5 Å². The zero-order valence-corrected chi connectivity index (χ0v) is 10.1. The molecule has 4 nitrogen and oxygen atoms in total. The van der Waals surface area contributed by atoms with Gasteiger partial charge in [-0.15, -0.1) is 10.2 Å². The summed E-state index contributed by atoms with van der Waals surface area (Å²) < 4.78 is 5.59. The topological polar surface area (TPSA) is 64.9 Å². The fourth-order valence-corrected chi connectivity index (χ4v) is 1.69. The van der Waals surface area contributed by atoms with Gasteiger partial charge in [0.05, 0.1) is 6.04 Å². The number of nitrogens with zero attached hydrogens (tertiary/aromatic N) is 2. The molecule has 0 bridgehead atoms. The second-order valence-electron chi connectivity index (χ2n) is 4.55. The molecule has 2 aromatic rings. The maximum atomic E-state index is 5.99. The normalized spacial score (nSPS) is 12.9. The molecule has 0 saturated carbocycles. The van der Waals surface area contributed by atoms with E-state index in [9.17, 15) is 0 Å². The van der Waals surface area contributed by atoms with Crippen LogP contribution in [0.4, 0.5) is 0 Å². The smallest absolute Gasteiger partial charge is 0.247 e. The summed E-state index contributed by atoms with van der Waals surface area (Å²) in [6, 6.07) is 9.52. The second-order valence-corrected chi connectivity index (χ2v) is 4.55. The van der Waals surface area contributed by atoms with Crippen LogP contribution in [0, 0.1) is 5.92 Å². The minimum atomic E-state index is -0.181. The third-order valence-electron chi connectivity index (χ3n) is 2.50. The molecule has 0 aliphatic carbocycles. The molecule has 1 heterocycles. The van der Waals surface area contributed by atoms with Gasteiger partial charge in [0.2, 0.25) is 11.8 Å². The minimum Gasteiger partial charge on any atom is -0.419 e. The number of benzene rings is 1. The van der Waals surface area contributed by atoms with Crippen molar-refractivity contribution in [2.24, 2.45) is 11.7 Å². The monoisotopic (exact) mass is 231 g/mol. The van der Waals surface area contributed by atoms with Crippen LogP contribution in [-0.2, 0) is 0 Å². The molecule has 2 rings (SSSR count). The molecule has 0 aliphatic rings. The Morgan fingerprint density at radius 3 is 2.53 bits per heavy atom. The van der Waals surface area contributed by atoms with E-state index in [0.29, 0.717) is 17.7 Å². The fourth-order valence-electron chi connectivity index (χ4n) is 1.69. The van der Waals surface area contributed by atoms with Crippen molar-refractivity contribution in [1.82, 2.24) is 10.2 Å². The third-order valence-corrected chi connectivity index (χ3v) is 2.50. The minimum absolute atomic E-state index is 0.181. The molecule has 2 N–H and O–H groups in total. The Balaban J connectivity index is 2.16. The first-order chi connectivity index (χ1) is 8.16. The SMILES string of the molecule is CC(C)CC(N)c1nnc(-c2ccccc2)o1. The van der Waals surface area contributed by atoms with E-state index < -0.39 is 0 Å². The Kier molecular flexibility index (Phi) is 3.54. The summed E-state index contributed by atoms with van der Waals surface area (Å²) >= 11 is 0. The van der Waals surface area contributed by atoms with E-state index in [4.69, 9.17) is 10.2 Å². The van der Waals surface area contributed by atoms with E-state index in [1.165, 1.54) is 0 Å². The van der Waals surface area contributed by atoms with Crippen LogP contribution in [-0.4, -0.2) is 10.2 Å². The van der Waals surface area contributed by atoms with Crippen LogP contribution >= 0.6 is 0 Å². The van der Waals surface area contributed by atoms with E-state index in [1.54, 1.807) is 0 Å². The lowest BCUT2D eigenvalue weighted by Gasteiger charge is -2.08. The quantitative estimate of drug-likeness (QED) is 0.878. The molecular weight excluding hydrogens is 214 g/mol. The fraction of sp³-hybridized carbons (Fsp3) is 0.385. The van der Waals surface area contributed by atoms with Gasteiger partial charge in [-0.3, -0.25) is 0 Å². The molecule has 0 amide bonds. The van der Waals surface area contributed by atoms with Gasteiger partial charge in [-0.05, 0) is 24.5 Å². The first-order valence-electron chi connectivity index (χ1n) is 5.81. The summed E-state index contributed by atoms with van der Waals surface area (Å²) in [6.45, 7) is 4.24. The van der Waals surface area contributed by atoms with Crippen molar-refractivity contribution in [1.29, 1.82) is 0 Å². The molecule has 1 aromatic heterocycles.